The Morgan fingerprint density at radius 3 is 2.30 bits per heavy atom. The zero-order chi connectivity index (χ0) is 15.8. The predicted molar refractivity (Wildman–Crippen MR) is 84.8 cm³/mol. The molecule has 0 radical (unpaired) electrons. The van der Waals surface area contributed by atoms with Crippen LogP contribution in [0.3, 0.4) is 0 Å². The highest BCUT2D eigenvalue weighted by Gasteiger charge is 2.37. The van der Waals surface area contributed by atoms with E-state index in [-0.39, 0.29) is 15.0 Å². The van der Waals surface area contributed by atoms with Crippen molar-refractivity contribution < 1.29 is 12.8 Å². The average Bonchev–Trinajstić information content (AvgIpc) is 2.24. The van der Waals surface area contributed by atoms with E-state index < -0.39 is 18.3 Å². The molecule has 7 heteroatoms. The summed E-state index contributed by atoms with van der Waals surface area (Å²) < 4.78 is 28.9. The zero-order valence-corrected chi connectivity index (χ0v) is 15.1. The van der Waals surface area contributed by atoms with Crippen molar-refractivity contribution in [2.75, 3.05) is 0 Å². The quantitative estimate of drug-likeness (QED) is 0.856. The van der Waals surface area contributed by atoms with Crippen LogP contribution in [0.5, 0.6) is 0 Å². The summed E-state index contributed by atoms with van der Waals surface area (Å²) in [5, 5.41) is 5.36. The maximum Gasteiger partial charge on any atom is 0.239 e. The summed E-state index contributed by atoms with van der Waals surface area (Å²) in [4.78, 5) is -0.0597. The van der Waals surface area contributed by atoms with E-state index in [0.717, 1.165) is 5.56 Å². The minimum absolute atomic E-state index is 0.0597. The molecule has 0 aromatic heterocycles. The van der Waals surface area contributed by atoms with Gasteiger partial charge in [-0.15, -0.1) is 0 Å². The van der Waals surface area contributed by atoms with Gasteiger partial charge in [-0.1, -0.05) is 38.4 Å². The molecule has 0 unspecified atom stereocenters. The largest absolute Gasteiger partial charge is 0.413 e. The average molecular weight is 336 g/mol. The van der Waals surface area contributed by atoms with Crippen molar-refractivity contribution in [1.29, 1.82) is 0 Å². The molecule has 0 aliphatic heterocycles. The number of halogens is 1. The fraction of sp³-hybridized carbons (Fsp3) is 0.538. The van der Waals surface area contributed by atoms with Crippen molar-refractivity contribution in [2.24, 2.45) is 5.14 Å². The molecule has 0 aliphatic carbocycles. The van der Waals surface area contributed by atoms with Gasteiger partial charge in [0.25, 0.3) is 0 Å². The molecule has 0 heterocycles. The summed E-state index contributed by atoms with van der Waals surface area (Å²) >= 11 is 5.85. The lowest BCUT2D eigenvalue weighted by molar-refractivity contribution is 0.276. The van der Waals surface area contributed by atoms with E-state index in [4.69, 9.17) is 21.2 Å². The third kappa shape index (κ3) is 4.29. The second kappa shape index (κ2) is 5.77. The van der Waals surface area contributed by atoms with E-state index in [9.17, 15) is 8.42 Å². The highest BCUT2D eigenvalue weighted by molar-refractivity contribution is 7.89. The lowest BCUT2D eigenvalue weighted by atomic mass is 10.2. The summed E-state index contributed by atoms with van der Waals surface area (Å²) in [6.45, 7) is 11.1. The molecule has 0 fully saturated rings. The number of rotatable bonds is 4. The number of hydrogen-bond acceptors (Lipinski definition) is 3. The highest BCUT2D eigenvalue weighted by atomic mass is 35.5. The second-order valence-electron chi connectivity index (χ2n) is 6.36. The summed E-state index contributed by atoms with van der Waals surface area (Å²) in [5.41, 5.74) is 0.753. The SMILES string of the molecule is CC(C)(C)[Si](C)(C)OCc1ccc(Cl)c(S(N)(=O)=O)c1. The molecule has 0 aliphatic rings. The van der Waals surface area contributed by atoms with Gasteiger partial charge >= 0.3 is 0 Å². The molecule has 0 saturated carbocycles. The molecular formula is C13H22ClNO3SSi. The van der Waals surface area contributed by atoms with E-state index in [1.165, 1.54) is 12.1 Å². The van der Waals surface area contributed by atoms with Gasteiger partial charge in [0.05, 0.1) is 11.6 Å². The third-order valence-corrected chi connectivity index (χ3v) is 9.58. The van der Waals surface area contributed by atoms with Gasteiger partial charge in [-0.05, 0) is 35.8 Å². The van der Waals surface area contributed by atoms with Gasteiger partial charge in [0.15, 0.2) is 8.32 Å². The first kappa shape index (κ1) is 17.6. The zero-order valence-electron chi connectivity index (χ0n) is 12.5. The molecule has 20 heavy (non-hydrogen) atoms. The van der Waals surface area contributed by atoms with Crippen molar-refractivity contribution in [3.63, 3.8) is 0 Å². The molecule has 0 amide bonds. The third-order valence-electron chi connectivity index (χ3n) is 3.71. The molecule has 0 atom stereocenters. The molecule has 0 bridgehead atoms. The minimum atomic E-state index is -3.81. The van der Waals surface area contributed by atoms with Crippen LogP contribution in [0.2, 0.25) is 23.2 Å². The Bertz CT molecular complexity index is 594. The lowest BCUT2D eigenvalue weighted by Gasteiger charge is -2.36. The van der Waals surface area contributed by atoms with Crippen molar-refractivity contribution in [3.05, 3.63) is 28.8 Å². The first-order valence-electron chi connectivity index (χ1n) is 6.30. The van der Waals surface area contributed by atoms with Crippen LogP contribution >= 0.6 is 11.6 Å². The van der Waals surface area contributed by atoms with Crippen LogP contribution in [0.4, 0.5) is 0 Å². The Morgan fingerprint density at radius 1 is 1.30 bits per heavy atom. The Hall–Kier alpha value is -0.403. The fourth-order valence-electron chi connectivity index (χ4n) is 1.34. The van der Waals surface area contributed by atoms with Crippen molar-refractivity contribution in [1.82, 2.24) is 0 Å². The maximum atomic E-state index is 11.4. The fourth-order valence-corrected chi connectivity index (χ4v) is 3.39. The first-order valence-corrected chi connectivity index (χ1v) is 11.1. The Balaban J connectivity index is 2.97. The van der Waals surface area contributed by atoms with Crippen LogP contribution in [0.25, 0.3) is 0 Å². The number of benzene rings is 1. The monoisotopic (exact) mass is 335 g/mol. The Labute approximate surface area is 127 Å². The van der Waals surface area contributed by atoms with Crippen LogP contribution in [0.15, 0.2) is 23.1 Å². The van der Waals surface area contributed by atoms with Gasteiger partial charge in [0.1, 0.15) is 4.90 Å². The van der Waals surface area contributed by atoms with Crippen LogP contribution in [-0.2, 0) is 21.1 Å². The summed E-state index contributed by atoms with van der Waals surface area (Å²) in [5.74, 6) is 0. The molecule has 0 spiro atoms. The topological polar surface area (TPSA) is 69.4 Å². The van der Waals surface area contributed by atoms with Crippen molar-refractivity contribution in [3.8, 4) is 0 Å². The lowest BCUT2D eigenvalue weighted by Crippen LogP contribution is -2.40. The Kier molecular flexibility index (Phi) is 5.09. The number of hydrogen-bond donors (Lipinski definition) is 1. The van der Waals surface area contributed by atoms with Crippen molar-refractivity contribution in [2.45, 2.75) is 50.4 Å². The number of primary sulfonamides is 1. The van der Waals surface area contributed by atoms with Crippen LogP contribution < -0.4 is 5.14 Å². The van der Waals surface area contributed by atoms with E-state index in [2.05, 4.69) is 33.9 Å². The molecule has 2 N–H and O–H groups in total. The summed E-state index contributed by atoms with van der Waals surface area (Å²) in [6.07, 6.45) is 0. The molecular weight excluding hydrogens is 314 g/mol. The van der Waals surface area contributed by atoms with E-state index in [1.54, 1.807) is 6.07 Å². The van der Waals surface area contributed by atoms with Crippen LogP contribution in [0.1, 0.15) is 26.3 Å². The van der Waals surface area contributed by atoms with Gasteiger partial charge in [0, 0.05) is 0 Å². The molecule has 1 aromatic carbocycles. The molecule has 4 nitrogen and oxygen atoms in total. The highest BCUT2D eigenvalue weighted by Crippen LogP contribution is 2.37. The van der Waals surface area contributed by atoms with Crippen molar-refractivity contribution >= 4 is 29.9 Å². The smallest absolute Gasteiger partial charge is 0.239 e. The van der Waals surface area contributed by atoms with Gasteiger partial charge < -0.3 is 4.43 Å². The van der Waals surface area contributed by atoms with Gasteiger partial charge in [-0.25, -0.2) is 13.6 Å². The maximum absolute atomic E-state index is 11.4. The molecule has 114 valence electrons. The second-order valence-corrected chi connectivity index (χ2v) is 13.1. The number of nitrogens with two attached hydrogens (primary N) is 1. The summed E-state index contributed by atoms with van der Waals surface area (Å²) in [7, 11) is -5.69. The Morgan fingerprint density at radius 2 is 1.85 bits per heavy atom. The normalized spacial score (nSPS) is 13.6. The standard InChI is InChI=1S/C13H22ClNO3SSi/c1-13(2,3)20(4,5)18-9-10-6-7-11(14)12(8-10)19(15,16)17/h6-8H,9H2,1-5H3,(H2,15,16,17). The van der Waals surface area contributed by atoms with E-state index in [1.807, 2.05) is 0 Å². The number of sulfonamides is 1. The van der Waals surface area contributed by atoms with Crippen LogP contribution in [0, 0.1) is 0 Å². The van der Waals surface area contributed by atoms with E-state index >= 15 is 0 Å². The van der Waals surface area contributed by atoms with Crippen LogP contribution in [-0.4, -0.2) is 16.7 Å². The molecule has 1 rings (SSSR count). The van der Waals surface area contributed by atoms with Gasteiger partial charge in [-0.2, -0.15) is 0 Å². The van der Waals surface area contributed by atoms with Gasteiger partial charge in [-0.3, -0.25) is 0 Å². The minimum Gasteiger partial charge on any atom is -0.413 e. The summed E-state index contributed by atoms with van der Waals surface area (Å²) in [6, 6.07) is 4.76. The predicted octanol–water partition coefficient (Wildman–Crippen LogP) is 3.51. The molecule has 1 aromatic rings. The van der Waals surface area contributed by atoms with Gasteiger partial charge in [0.2, 0.25) is 10.0 Å². The van der Waals surface area contributed by atoms with E-state index in [0.29, 0.717) is 6.61 Å². The first-order chi connectivity index (χ1) is 8.84. The molecule has 0 saturated heterocycles.